The lowest BCUT2D eigenvalue weighted by Crippen LogP contribution is -2.43. The molecule has 1 aromatic carbocycles. The van der Waals surface area contributed by atoms with E-state index in [0.29, 0.717) is 12.1 Å². The number of methoxy groups -OCH3 is 1. The van der Waals surface area contributed by atoms with Gasteiger partial charge in [-0.25, -0.2) is 0 Å². The van der Waals surface area contributed by atoms with E-state index in [2.05, 4.69) is 48.3 Å². The average molecular weight is 276 g/mol. The van der Waals surface area contributed by atoms with Crippen LogP contribution in [0.5, 0.6) is 0 Å². The molecule has 1 heterocycles. The van der Waals surface area contributed by atoms with Gasteiger partial charge in [0.25, 0.3) is 0 Å². The fourth-order valence-electron chi connectivity index (χ4n) is 3.13. The van der Waals surface area contributed by atoms with Gasteiger partial charge in [-0.2, -0.15) is 0 Å². The van der Waals surface area contributed by atoms with Gasteiger partial charge in [-0.15, -0.1) is 0 Å². The predicted molar refractivity (Wildman–Crippen MR) is 84.1 cm³/mol. The van der Waals surface area contributed by atoms with Crippen molar-refractivity contribution in [3.05, 3.63) is 35.4 Å². The molecule has 3 nitrogen and oxygen atoms in total. The van der Waals surface area contributed by atoms with E-state index in [9.17, 15) is 0 Å². The number of aryl methyl sites for hydroxylation is 1. The van der Waals surface area contributed by atoms with E-state index >= 15 is 0 Å². The minimum atomic E-state index is 0.405. The fourth-order valence-corrected chi connectivity index (χ4v) is 3.13. The zero-order valence-electron chi connectivity index (χ0n) is 13.1. The highest BCUT2D eigenvalue weighted by Crippen LogP contribution is 2.21. The smallest absolute Gasteiger partial charge is 0.0698 e. The molecule has 1 aliphatic heterocycles. The fraction of sp³-hybridized carbons (Fsp3) is 0.647. The lowest BCUT2D eigenvalue weighted by atomic mass is 9.99. The topological polar surface area (TPSA) is 24.5 Å². The SMILES string of the molecule is CCNC(CN1CCCC(OC)C1)c1ccccc1C. The van der Waals surface area contributed by atoms with Crippen molar-refractivity contribution in [3.63, 3.8) is 0 Å². The third-order valence-corrected chi connectivity index (χ3v) is 4.25. The number of hydrogen-bond acceptors (Lipinski definition) is 3. The number of piperidine rings is 1. The minimum Gasteiger partial charge on any atom is -0.380 e. The van der Waals surface area contributed by atoms with Gasteiger partial charge in [-0.05, 0) is 44.0 Å². The number of rotatable bonds is 6. The Hall–Kier alpha value is -0.900. The molecule has 1 saturated heterocycles. The van der Waals surface area contributed by atoms with Crippen LogP contribution in [0, 0.1) is 6.92 Å². The molecule has 0 aromatic heterocycles. The third kappa shape index (κ3) is 4.05. The molecule has 0 bridgehead atoms. The van der Waals surface area contributed by atoms with Gasteiger partial charge in [0, 0.05) is 26.2 Å². The van der Waals surface area contributed by atoms with Crippen LogP contribution in [0.15, 0.2) is 24.3 Å². The third-order valence-electron chi connectivity index (χ3n) is 4.25. The van der Waals surface area contributed by atoms with Gasteiger partial charge in [0.2, 0.25) is 0 Å². The molecule has 20 heavy (non-hydrogen) atoms. The van der Waals surface area contributed by atoms with E-state index < -0.39 is 0 Å². The van der Waals surface area contributed by atoms with Crippen LogP contribution in [0.25, 0.3) is 0 Å². The Kier molecular flexibility index (Phi) is 6.02. The van der Waals surface area contributed by atoms with Gasteiger partial charge < -0.3 is 10.1 Å². The number of likely N-dealkylation sites (tertiary alicyclic amines) is 1. The zero-order chi connectivity index (χ0) is 14.4. The summed E-state index contributed by atoms with van der Waals surface area (Å²) in [7, 11) is 1.83. The Morgan fingerprint density at radius 1 is 1.40 bits per heavy atom. The van der Waals surface area contributed by atoms with Crippen molar-refractivity contribution in [1.82, 2.24) is 10.2 Å². The Labute approximate surface area is 123 Å². The molecule has 0 saturated carbocycles. The Bertz CT molecular complexity index is 408. The summed E-state index contributed by atoms with van der Waals surface area (Å²) in [6.45, 7) is 8.70. The molecule has 2 rings (SSSR count). The molecule has 2 atom stereocenters. The van der Waals surface area contributed by atoms with Crippen molar-refractivity contribution in [2.45, 2.75) is 38.8 Å². The summed E-state index contributed by atoms with van der Waals surface area (Å²) in [5.41, 5.74) is 2.80. The monoisotopic (exact) mass is 276 g/mol. The first-order valence-electron chi connectivity index (χ1n) is 7.78. The minimum absolute atomic E-state index is 0.405. The average Bonchev–Trinajstić information content (AvgIpc) is 2.47. The molecule has 1 aliphatic rings. The van der Waals surface area contributed by atoms with Crippen LogP contribution in [-0.2, 0) is 4.74 Å². The first kappa shape index (κ1) is 15.5. The van der Waals surface area contributed by atoms with Gasteiger partial charge in [0.1, 0.15) is 0 Å². The number of hydrogen-bond donors (Lipinski definition) is 1. The van der Waals surface area contributed by atoms with E-state index in [-0.39, 0.29) is 0 Å². The number of ether oxygens (including phenoxy) is 1. The highest BCUT2D eigenvalue weighted by atomic mass is 16.5. The second kappa shape index (κ2) is 7.77. The lowest BCUT2D eigenvalue weighted by molar-refractivity contribution is 0.0281. The molecule has 3 heteroatoms. The highest BCUT2D eigenvalue weighted by molar-refractivity contribution is 5.29. The van der Waals surface area contributed by atoms with E-state index in [4.69, 9.17) is 4.74 Å². The van der Waals surface area contributed by atoms with Crippen molar-refractivity contribution in [2.75, 3.05) is 33.3 Å². The second-order valence-corrected chi connectivity index (χ2v) is 5.73. The van der Waals surface area contributed by atoms with Gasteiger partial charge >= 0.3 is 0 Å². The summed E-state index contributed by atoms with van der Waals surface area (Å²) in [6, 6.07) is 9.12. The Morgan fingerprint density at radius 2 is 2.20 bits per heavy atom. The van der Waals surface area contributed by atoms with Crippen LogP contribution in [0.4, 0.5) is 0 Å². The van der Waals surface area contributed by atoms with Gasteiger partial charge in [-0.3, -0.25) is 4.90 Å². The maximum atomic E-state index is 5.53. The summed E-state index contributed by atoms with van der Waals surface area (Å²) in [5, 5.41) is 3.64. The van der Waals surface area contributed by atoms with Crippen LogP contribution in [0.2, 0.25) is 0 Å². The first-order chi connectivity index (χ1) is 9.74. The molecule has 1 aromatic rings. The quantitative estimate of drug-likeness (QED) is 0.864. The second-order valence-electron chi connectivity index (χ2n) is 5.73. The Balaban J connectivity index is 2.04. The van der Waals surface area contributed by atoms with Crippen molar-refractivity contribution >= 4 is 0 Å². The molecule has 2 unspecified atom stereocenters. The molecule has 0 radical (unpaired) electrons. The van der Waals surface area contributed by atoms with Gasteiger partial charge in [0.05, 0.1) is 6.10 Å². The summed E-state index contributed by atoms with van der Waals surface area (Å²) in [6.07, 6.45) is 2.84. The maximum absolute atomic E-state index is 5.53. The summed E-state index contributed by atoms with van der Waals surface area (Å²) in [5.74, 6) is 0. The maximum Gasteiger partial charge on any atom is 0.0698 e. The molecule has 112 valence electrons. The van der Waals surface area contributed by atoms with Crippen molar-refractivity contribution in [3.8, 4) is 0 Å². The standard InChI is InChI=1S/C17H28N2O/c1-4-18-17(16-10-6-5-8-14(16)2)13-19-11-7-9-15(12-19)20-3/h5-6,8,10,15,17-18H,4,7,9,11-13H2,1-3H3. The largest absolute Gasteiger partial charge is 0.380 e. The van der Waals surface area contributed by atoms with Crippen molar-refractivity contribution in [2.24, 2.45) is 0 Å². The van der Waals surface area contributed by atoms with Crippen LogP contribution in [0.3, 0.4) is 0 Å². The molecule has 0 spiro atoms. The number of nitrogens with zero attached hydrogens (tertiary/aromatic N) is 1. The molecule has 1 N–H and O–H groups in total. The number of likely N-dealkylation sites (N-methyl/N-ethyl adjacent to an activating group) is 1. The molecular formula is C17H28N2O. The number of benzene rings is 1. The van der Waals surface area contributed by atoms with Crippen LogP contribution in [0.1, 0.15) is 36.9 Å². The van der Waals surface area contributed by atoms with Crippen molar-refractivity contribution in [1.29, 1.82) is 0 Å². The molecule has 0 aliphatic carbocycles. The summed E-state index contributed by atoms with van der Waals surface area (Å²) in [4.78, 5) is 2.54. The van der Waals surface area contributed by atoms with Gasteiger partial charge in [0.15, 0.2) is 0 Å². The van der Waals surface area contributed by atoms with E-state index in [0.717, 1.165) is 19.6 Å². The predicted octanol–water partition coefficient (Wildman–Crippen LogP) is 2.76. The normalized spacial score (nSPS) is 21.9. The lowest BCUT2D eigenvalue weighted by Gasteiger charge is -2.35. The van der Waals surface area contributed by atoms with Gasteiger partial charge in [-0.1, -0.05) is 31.2 Å². The van der Waals surface area contributed by atoms with Crippen LogP contribution < -0.4 is 5.32 Å². The summed E-state index contributed by atoms with van der Waals surface area (Å²) >= 11 is 0. The van der Waals surface area contributed by atoms with E-state index in [1.807, 2.05) is 7.11 Å². The van der Waals surface area contributed by atoms with E-state index in [1.165, 1.54) is 30.5 Å². The molecule has 0 amide bonds. The summed E-state index contributed by atoms with van der Waals surface area (Å²) < 4.78 is 5.53. The van der Waals surface area contributed by atoms with Crippen LogP contribution in [-0.4, -0.2) is 44.3 Å². The molecular weight excluding hydrogens is 248 g/mol. The van der Waals surface area contributed by atoms with E-state index in [1.54, 1.807) is 0 Å². The van der Waals surface area contributed by atoms with Crippen LogP contribution >= 0.6 is 0 Å². The van der Waals surface area contributed by atoms with Crippen molar-refractivity contribution < 1.29 is 4.74 Å². The highest BCUT2D eigenvalue weighted by Gasteiger charge is 2.23. The first-order valence-corrected chi connectivity index (χ1v) is 7.78. The molecule has 1 fully saturated rings. The number of nitrogens with one attached hydrogen (secondary N) is 1. The zero-order valence-corrected chi connectivity index (χ0v) is 13.1. The Morgan fingerprint density at radius 3 is 2.90 bits per heavy atom.